The standard InChI is InChI=1S/C13H16BrN3O/c1-17-6-5-16-13(17)4-7-18-12-3-2-10(9-15)8-11(12)14/h2-3,5-6,8H,4,7,9,15H2,1H3. The van der Waals surface area contributed by atoms with Crippen molar-refractivity contribution in [3.63, 3.8) is 0 Å². The van der Waals surface area contributed by atoms with Crippen LogP contribution in [0.15, 0.2) is 35.1 Å². The van der Waals surface area contributed by atoms with Crippen LogP contribution in [-0.4, -0.2) is 16.2 Å². The van der Waals surface area contributed by atoms with Crippen molar-refractivity contribution in [2.75, 3.05) is 6.61 Å². The Morgan fingerprint density at radius 1 is 1.44 bits per heavy atom. The monoisotopic (exact) mass is 309 g/mol. The maximum absolute atomic E-state index is 5.72. The maximum Gasteiger partial charge on any atom is 0.133 e. The van der Waals surface area contributed by atoms with Crippen LogP contribution in [-0.2, 0) is 20.0 Å². The lowest BCUT2D eigenvalue weighted by Gasteiger charge is -2.09. The summed E-state index contributed by atoms with van der Waals surface area (Å²) in [6.07, 6.45) is 4.51. The van der Waals surface area contributed by atoms with Gasteiger partial charge in [-0.25, -0.2) is 4.98 Å². The average molecular weight is 310 g/mol. The first-order chi connectivity index (χ1) is 8.70. The molecule has 1 aromatic heterocycles. The third kappa shape index (κ3) is 3.11. The molecule has 0 atom stereocenters. The number of nitrogens with two attached hydrogens (primary N) is 1. The van der Waals surface area contributed by atoms with Gasteiger partial charge in [0.05, 0.1) is 11.1 Å². The fourth-order valence-corrected chi connectivity index (χ4v) is 2.22. The van der Waals surface area contributed by atoms with E-state index >= 15 is 0 Å². The Kier molecular flexibility index (Phi) is 4.38. The highest BCUT2D eigenvalue weighted by atomic mass is 79.9. The topological polar surface area (TPSA) is 53.1 Å². The summed E-state index contributed by atoms with van der Waals surface area (Å²) in [5, 5.41) is 0. The van der Waals surface area contributed by atoms with Crippen molar-refractivity contribution in [2.45, 2.75) is 13.0 Å². The average Bonchev–Trinajstić information content (AvgIpc) is 2.77. The van der Waals surface area contributed by atoms with Crippen LogP contribution in [0, 0.1) is 0 Å². The SMILES string of the molecule is Cn1ccnc1CCOc1ccc(CN)cc1Br. The number of halogens is 1. The molecular weight excluding hydrogens is 294 g/mol. The van der Waals surface area contributed by atoms with E-state index in [1.165, 1.54) is 0 Å². The van der Waals surface area contributed by atoms with Crippen LogP contribution in [0.1, 0.15) is 11.4 Å². The second-order valence-electron chi connectivity index (χ2n) is 4.02. The van der Waals surface area contributed by atoms with Crippen molar-refractivity contribution in [2.24, 2.45) is 12.8 Å². The first kappa shape index (κ1) is 13.1. The first-order valence-electron chi connectivity index (χ1n) is 5.78. The largest absolute Gasteiger partial charge is 0.492 e. The molecule has 2 N–H and O–H groups in total. The molecule has 0 radical (unpaired) electrons. The number of hydrogen-bond acceptors (Lipinski definition) is 3. The van der Waals surface area contributed by atoms with Gasteiger partial charge in [-0.2, -0.15) is 0 Å². The number of benzene rings is 1. The molecule has 1 aromatic carbocycles. The Labute approximate surface area is 115 Å². The quantitative estimate of drug-likeness (QED) is 0.921. The second-order valence-corrected chi connectivity index (χ2v) is 4.88. The van der Waals surface area contributed by atoms with Crippen LogP contribution in [0.4, 0.5) is 0 Å². The van der Waals surface area contributed by atoms with Gasteiger partial charge >= 0.3 is 0 Å². The highest BCUT2D eigenvalue weighted by Crippen LogP contribution is 2.25. The number of imidazole rings is 1. The molecule has 0 saturated carbocycles. The lowest BCUT2D eigenvalue weighted by Crippen LogP contribution is -2.06. The third-order valence-electron chi connectivity index (χ3n) is 2.74. The number of aryl methyl sites for hydroxylation is 1. The molecule has 0 aliphatic heterocycles. The van der Waals surface area contributed by atoms with Gasteiger partial charge < -0.3 is 15.0 Å². The molecule has 4 nitrogen and oxygen atoms in total. The van der Waals surface area contributed by atoms with Crippen LogP contribution in [0.2, 0.25) is 0 Å². The minimum absolute atomic E-state index is 0.534. The van der Waals surface area contributed by atoms with Crippen molar-refractivity contribution in [1.29, 1.82) is 0 Å². The molecular formula is C13H16BrN3O. The summed E-state index contributed by atoms with van der Waals surface area (Å²) < 4.78 is 8.65. The number of nitrogens with zero attached hydrogens (tertiary/aromatic N) is 2. The third-order valence-corrected chi connectivity index (χ3v) is 3.36. The summed E-state index contributed by atoms with van der Waals surface area (Å²) in [6.45, 7) is 1.14. The van der Waals surface area contributed by atoms with Crippen molar-refractivity contribution in [3.05, 3.63) is 46.5 Å². The fourth-order valence-electron chi connectivity index (χ4n) is 1.68. The molecule has 1 heterocycles. The molecule has 0 amide bonds. The molecule has 0 saturated heterocycles. The van der Waals surface area contributed by atoms with E-state index in [1.54, 1.807) is 6.20 Å². The molecule has 2 rings (SSSR count). The minimum atomic E-state index is 0.534. The van der Waals surface area contributed by atoms with E-state index in [1.807, 2.05) is 36.0 Å². The van der Waals surface area contributed by atoms with E-state index in [0.717, 1.165) is 28.0 Å². The first-order valence-corrected chi connectivity index (χ1v) is 6.57. The van der Waals surface area contributed by atoms with E-state index in [9.17, 15) is 0 Å². The van der Waals surface area contributed by atoms with Gasteiger partial charge in [-0.3, -0.25) is 0 Å². The lowest BCUT2D eigenvalue weighted by atomic mass is 10.2. The zero-order valence-electron chi connectivity index (χ0n) is 10.3. The van der Waals surface area contributed by atoms with Crippen LogP contribution < -0.4 is 10.5 Å². The number of aromatic nitrogens is 2. The Morgan fingerprint density at radius 3 is 2.89 bits per heavy atom. The van der Waals surface area contributed by atoms with Crippen LogP contribution in [0.3, 0.4) is 0 Å². The van der Waals surface area contributed by atoms with Gasteiger partial charge in [-0.15, -0.1) is 0 Å². The number of rotatable bonds is 5. The molecule has 0 aliphatic rings. The summed E-state index contributed by atoms with van der Waals surface area (Å²) in [4.78, 5) is 4.25. The molecule has 0 unspecified atom stereocenters. The van der Waals surface area contributed by atoms with Crippen LogP contribution >= 0.6 is 15.9 Å². The molecule has 96 valence electrons. The Morgan fingerprint density at radius 2 is 2.28 bits per heavy atom. The molecule has 0 fully saturated rings. The van der Waals surface area contributed by atoms with E-state index in [0.29, 0.717) is 13.2 Å². The number of ether oxygens (including phenoxy) is 1. The van der Waals surface area contributed by atoms with Gasteiger partial charge in [0.2, 0.25) is 0 Å². The fraction of sp³-hybridized carbons (Fsp3) is 0.308. The summed E-state index contributed by atoms with van der Waals surface area (Å²) >= 11 is 3.48. The Hall–Kier alpha value is -1.33. The second kappa shape index (κ2) is 6.02. The molecule has 0 bridgehead atoms. The van der Waals surface area contributed by atoms with Crippen LogP contribution in [0.25, 0.3) is 0 Å². The normalized spacial score (nSPS) is 10.6. The van der Waals surface area contributed by atoms with Crippen molar-refractivity contribution >= 4 is 15.9 Å². The molecule has 0 spiro atoms. The summed E-state index contributed by atoms with van der Waals surface area (Å²) in [7, 11) is 1.98. The molecule has 2 aromatic rings. The van der Waals surface area contributed by atoms with E-state index in [2.05, 4.69) is 20.9 Å². The predicted octanol–water partition coefficient (Wildman–Crippen LogP) is 2.26. The van der Waals surface area contributed by atoms with Crippen LogP contribution in [0.5, 0.6) is 5.75 Å². The zero-order valence-corrected chi connectivity index (χ0v) is 11.9. The van der Waals surface area contributed by atoms with Crippen molar-refractivity contribution in [1.82, 2.24) is 9.55 Å². The van der Waals surface area contributed by atoms with E-state index in [4.69, 9.17) is 10.5 Å². The summed E-state index contributed by atoms with van der Waals surface area (Å²) in [6, 6.07) is 5.89. The molecule has 0 aliphatic carbocycles. The number of hydrogen-bond donors (Lipinski definition) is 1. The van der Waals surface area contributed by atoms with Gasteiger partial charge in [0.1, 0.15) is 11.6 Å². The lowest BCUT2D eigenvalue weighted by molar-refractivity contribution is 0.315. The zero-order chi connectivity index (χ0) is 13.0. The smallest absolute Gasteiger partial charge is 0.133 e. The van der Waals surface area contributed by atoms with Gasteiger partial charge in [0.25, 0.3) is 0 Å². The minimum Gasteiger partial charge on any atom is -0.492 e. The van der Waals surface area contributed by atoms with E-state index in [-0.39, 0.29) is 0 Å². The molecule has 5 heteroatoms. The van der Waals surface area contributed by atoms with Crippen molar-refractivity contribution in [3.8, 4) is 5.75 Å². The van der Waals surface area contributed by atoms with E-state index < -0.39 is 0 Å². The van der Waals surface area contributed by atoms with Gasteiger partial charge in [0.15, 0.2) is 0 Å². The highest BCUT2D eigenvalue weighted by molar-refractivity contribution is 9.10. The van der Waals surface area contributed by atoms with Gasteiger partial charge in [0, 0.05) is 32.4 Å². The van der Waals surface area contributed by atoms with Gasteiger partial charge in [-0.05, 0) is 33.6 Å². The Balaban J connectivity index is 1.92. The Bertz CT molecular complexity index is 525. The van der Waals surface area contributed by atoms with Gasteiger partial charge in [-0.1, -0.05) is 6.07 Å². The predicted molar refractivity (Wildman–Crippen MR) is 74.4 cm³/mol. The maximum atomic E-state index is 5.72. The summed E-state index contributed by atoms with van der Waals surface area (Å²) in [5.74, 6) is 1.85. The highest BCUT2D eigenvalue weighted by Gasteiger charge is 2.04. The summed E-state index contributed by atoms with van der Waals surface area (Å²) in [5.41, 5.74) is 6.66. The molecule has 18 heavy (non-hydrogen) atoms. The van der Waals surface area contributed by atoms with Crippen molar-refractivity contribution < 1.29 is 4.74 Å².